The van der Waals surface area contributed by atoms with Crippen LogP contribution in [0, 0.1) is 24.2 Å². The number of nitrogens with zero attached hydrogens (tertiary/aromatic N) is 4. The molecule has 6 heteroatoms. The molecule has 0 radical (unpaired) electrons. The number of halogens is 1. The number of nitriles is 1. The van der Waals surface area contributed by atoms with Crippen LogP contribution in [0.2, 0.25) is 5.28 Å². The Morgan fingerprint density at radius 1 is 1.56 bits per heavy atom. The van der Waals surface area contributed by atoms with Gasteiger partial charge in [0.1, 0.15) is 0 Å². The molecule has 1 aromatic heterocycles. The lowest BCUT2D eigenvalue weighted by atomic mass is 10.2. The highest BCUT2D eigenvalue weighted by Crippen LogP contribution is 2.24. The standard InChI is InChI=1S/C10H14ClN5/c1-6(4-12)5-16(3)9-8(13)7(2)14-10(11)15-9/h6H,5,13H2,1-3H3. The van der Waals surface area contributed by atoms with E-state index in [0.717, 1.165) is 0 Å². The van der Waals surface area contributed by atoms with Crippen molar-refractivity contribution in [2.24, 2.45) is 5.92 Å². The van der Waals surface area contributed by atoms with Gasteiger partial charge in [-0.1, -0.05) is 0 Å². The quantitative estimate of drug-likeness (QED) is 0.811. The lowest BCUT2D eigenvalue weighted by Crippen LogP contribution is -2.25. The first-order chi connectivity index (χ1) is 7.45. The Bertz CT molecular complexity index is 426. The van der Waals surface area contributed by atoms with E-state index in [2.05, 4.69) is 16.0 Å². The van der Waals surface area contributed by atoms with Gasteiger partial charge >= 0.3 is 0 Å². The molecule has 0 bridgehead atoms. The molecule has 1 atom stereocenters. The topological polar surface area (TPSA) is 78.8 Å². The number of aromatic nitrogens is 2. The van der Waals surface area contributed by atoms with E-state index in [1.807, 2.05) is 18.9 Å². The van der Waals surface area contributed by atoms with Crippen molar-refractivity contribution in [3.8, 4) is 6.07 Å². The number of nitrogen functional groups attached to an aromatic ring is 1. The number of aryl methyl sites for hydroxylation is 1. The summed E-state index contributed by atoms with van der Waals surface area (Å²) in [7, 11) is 1.82. The van der Waals surface area contributed by atoms with Gasteiger partial charge in [-0.2, -0.15) is 10.2 Å². The van der Waals surface area contributed by atoms with Gasteiger partial charge < -0.3 is 10.6 Å². The van der Waals surface area contributed by atoms with E-state index in [1.54, 1.807) is 6.92 Å². The van der Waals surface area contributed by atoms with Crippen molar-refractivity contribution in [2.75, 3.05) is 24.2 Å². The van der Waals surface area contributed by atoms with Gasteiger partial charge in [-0.05, 0) is 25.4 Å². The zero-order chi connectivity index (χ0) is 12.3. The largest absolute Gasteiger partial charge is 0.394 e. The lowest BCUT2D eigenvalue weighted by molar-refractivity contribution is 0.709. The van der Waals surface area contributed by atoms with Gasteiger partial charge in [0.05, 0.1) is 23.4 Å². The first kappa shape index (κ1) is 12.5. The summed E-state index contributed by atoms with van der Waals surface area (Å²) in [6, 6.07) is 2.16. The fourth-order valence-corrected chi connectivity index (χ4v) is 1.57. The van der Waals surface area contributed by atoms with Crippen LogP contribution in [0.1, 0.15) is 12.6 Å². The number of hydrogen-bond acceptors (Lipinski definition) is 5. The van der Waals surface area contributed by atoms with E-state index in [1.165, 1.54) is 0 Å². The van der Waals surface area contributed by atoms with Gasteiger partial charge in [-0.25, -0.2) is 4.98 Å². The molecule has 0 amide bonds. The molecule has 2 N–H and O–H groups in total. The first-order valence-electron chi connectivity index (χ1n) is 4.86. The number of anilines is 2. The van der Waals surface area contributed by atoms with Crippen LogP contribution < -0.4 is 10.6 Å². The molecule has 0 saturated heterocycles. The Labute approximate surface area is 99.9 Å². The zero-order valence-corrected chi connectivity index (χ0v) is 10.3. The average Bonchev–Trinajstić information content (AvgIpc) is 2.22. The van der Waals surface area contributed by atoms with E-state index >= 15 is 0 Å². The van der Waals surface area contributed by atoms with Crippen LogP contribution in [-0.2, 0) is 0 Å². The van der Waals surface area contributed by atoms with Gasteiger partial charge in [0.25, 0.3) is 0 Å². The van der Waals surface area contributed by atoms with Crippen molar-refractivity contribution in [3.05, 3.63) is 11.0 Å². The van der Waals surface area contributed by atoms with Crippen LogP contribution in [0.5, 0.6) is 0 Å². The Morgan fingerprint density at radius 2 is 2.19 bits per heavy atom. The third-order valence-corrected chi connectivity index (χ3v) is 2.39. The molecule has 1 rings (SSSR count). The maximum atomic E-state index is 8.74. The molecule has 0 spiro atoms. The van der Waals surface area contributed by atoms with Gasteiger partial charge in [-0.15, -0.1) is 0 Å². The molecular formula is C10H14ClN5. The molecule has 0 fully saturated rings. The molecule has 0 aromatic carbocycles. The van der Waals surface area contributed by atoms with Gasteiger partial charge in [0.15, 0.2) is 5.82 Å². The second kappa shape index (κ2) is 4.99. The molecule has 1 unspecified atom stereocenters. The number of hydrogen-bond donors (Lipinski definition) is 1. The zero-order valence-electron chi connectivity index (χ0n) is 9.53. The Balaban J connectivity index is 3.00. The van der Waals surface area contributed by atoms with E-state index in [9.17, 15) is 0 Å². The highest BCUT2D eigenvalue weighted by Gasteiger charge is 2.14. The molecule has 0 aliphatic heterocycles. The molecule has 86 valence electrons. The number of nitrogens with two attached hydrogens (primary N) is 1. The molecule has 5 nitrogen and oxygen atoms in total. The summed E-state index contributed by atoms with van der Waals surface area (Å²) in [5.41, 5.74) is 7.00. The molecule has 16 heavy (non-hydrogen) atoms. The monoisotopic (exact) mass is 239 g/mol. The molecular weight excluding hydrogens is 226 g/mol. The van der Waals surface area contributed by atoms with Crippen molar-refractivity contribution in [2.45, 2.75) is 13.8 Å². The third-order valence-electron chi connectivity index (χ3n) is 2.22. The minimum atomic E-state index is -0.0987. The minimum absolute atomic E-state index is 0.0987. The van der Waals surface area contributed by atoms with Gasteiger partial charge in [0, 0.05) is 13.6 Å². The van der Waals surface area contributed by atoms with Crippen LogP contribution in [-0.4, -0.2) is 23.6 Å². The maximum Gasteiger partial charge on any atom is 0.224 e. The lowest BCUT2D eigenvalue weighted by Gasteiger charge is -2.21. The van der Waals surface area contributed by atoms with Crippen molar-refractivity contribution in [1.29, 1.82) is 5.26 Å². The summed E-state index contributed by atoms with van der Waals surface area (Å²) in [6.07, 6.45) is 0. The summed E-state index contributed by atoms with van der Waals surface area (Å²) in [5.74, 6) is 0.470. The predicted octanol–water partition coefficient (Wildman–Crippen LogP) is 1.62. The van der Waals surface area contributed by atoms with Gasteiger partial charge in [-0.3, -0.25) is 0 Å². The summed E-state index contributed by atoms with van der Waals surface area (Å²) in [6.45, 7) is 4.16. The SMILES string of the molecule is Cc1nc(Cl)nc(N(C)CC(C)C#N)c1N. The first-order valence-corrected chi connectivity index (χ1v) is 5.23. The van der Waals surface area contributed by atoms with Crippen molar-refractivity contribution in [1.82, 2.24) is 9.97 Å². The van der Waals surface area contributed by atoms with Gasteiger partial charge in [0.2, 0.25) is 5.28 Å². The van der Waals surface area contributed by atoms with Crippen LogP contribution in [0.15, 0.2) is 0 Å². The van der Waals surface area contributed by atoms with Crippen molar-refractivity contribution in [3.63, 3.8) is 0 Å². The molecule has 1 heterocycles. The second-order valence-electron chi connectivity index (χ2n) is 3.73. The maximum absolute atomic E-state index is 8.74. The average molecular weight is 240 g/mol. The Hall–Kier alpha value is -1.54. The van der Waals surface area contributed by atoms with Crippen LogP contribution >= 0.6 is 11.6 Å². The molecule has 1 aromatic rings. The fourth-order valence-electron chi connectivity index (χ4n) is 1.36. The predicted molar refractivity (Wildman–Crippen MR) is 64.2 cm³/mol. The molecule has 0 saturated carbocycles. The summed E-state index contributed by atoms with van der Waals surface area (Å²) in [4.78, 5) is 9.83. The second-order valence-corrected chi connectivity index (χ2v) is 4.06. The van der Waals surface area contributed by atoms with E-state index in [0.29, 0.717) is 23.7 Å². The smallest absolute Gasteiger partial charge is 0.224 e. The molecule has 0 aliphatic rings. The van der Waals surface area contributed by atoms with Crippen LogP contribution in [0.25, 0.3) is 0 Å². The summed E-state index contributed by atoms with van der Waals surface area (Å²) in [5, 5.41) is 8.91. The minimum Gasteiger partial charge on any atom is -0.394 e. The Kier molecular flexibility index (Phi) is 3.91. The van der Waals surface area contributed by atoms with Crippen molar-refractivity contribution < 1.29 is 0 Å². The summed E-state index contributed by atoms with van der Waals surface area (Å²) < 4.78 is 0. The Morgan fingerprint density at radius 3 is 2.75 bits per heavy atom. The molecule has 0 aliphatic carbocycles. The number of rotatable bonds is 3. The van der Waals surface area contributed by atoms with E-state index in [4.69, 9.17) is 22.6 Å². The normalized spacial score (nSPS) is 11.9. The van der Waals surface area contributed by atoms with E-state index < -0.39 is 0 Å². The van der Waals surface area contributed by atoms with Crippen LogP contribution in [0.3, 0.4) is 0 Å². The third kappa shape index (κ3) is 2.74. The van der Waals surface area contributed by atoms with Crippen LogP contribution in [0.4, 0.5) is 11.5 Å². The highest BCUT2D eigenvalue weighted by molar-refractivity contribution is 6.28. The van der Waals surface area contributed by atoms with E-state index in [-0.39, 0.29) is 11.2 Å². The highest BCUT2D eigenvalue weighted by atomic mass is 35.5. The fraction of sp³-hybridized carbons (Fsp3) is 0.500. The summed E-state index contributed by atoms with van der Waals surface area (Å²) >= 11 is 5.77. The van der Waals surface area contributed by atoms with Crippen molar-refractivity contribution >= 4 is 23.1 Å².